The van der Waals surface area contributed by atoms with Gasteiger partial charge in [-0.05, 0) is 70.3 Å². The predicted octanol–water partition coefficient (Wildman–Crippen LogP) is 1.85. The molecule has 1 aliphatic rings. The molecule has 0 aromatic heterocycles. The van der Waals surface area contributed by atoms with Crippen LogP contribution in [-0.4, -0.2) is 80.2 Å². The first kappa shape index (κ1) is 22.4. The zero-order chi connectivity index (χ0) is 19.7. The molecule has 1 amide bonds. The van der Waals surface area contributed by atoms with E-state index in [2.05, 4.69) is 12.1 Å². The van der Waals surface area contributed by atoms with Crippen molar-refractivity contribution in [1.29, 1.82) is 0 Å². The van der Waals surface area contributed by atoms with E-state index in [9.17, 15) is 9.59 Å². The lowest BCUT2D eigenvalue weighted by atomic mass is 9.90. The molecular weight excluding hydrogens is 352 g/mol. The van der Waals surface area contributed by atoms with Gasteiger partial charge in [-0.25, -0.2) is 0 Å². The summed E-state index contributed by atoms with van der Waals surface area (Å²) < 4.78 is 0. The zero-order valence-corrected chi connectivity index (χ0v) is 17.0. The third-order valence-electron chi connectivity index (χ3n) is 4.07. The van der Waals surface area contributed by atoms with Gasteiger partial charge in [-0.15, -0.1) is 0 Å². The molecule has 1 unspecified atom stereocenters. The fraction of sp³-hybridized carbons (Fsp3) is 0.579. The van der Waals surface area contributed by atoms with Crippen LogP contribution in [-0.2, 0) is 9.59 Å². The highest BCUT2D eigenvalue weighted by Crippen LogP contribution is 2.27. The van der Waals surface area contributed by atoms with Crippen LogP contribution in [0.15, 0.2) is 24.3 Å². The number of carbonyl (C=O) groups excluding carboxylic acids is 2. The average Bonchev–Trinajstić information content (AvgIpc) is 2.54. The number of nitrogens with two attached hydrogens (primary N) is 1. The number of anilines is 1. The van der Waals surface area contributed by atoms with Crippen LogP contribution in [0.4, 0.5) is 5.69 Å². The van der Waals surface area contributed by atoms with Crippen LogP contribution in [0, 0.1) is 0 Å². The summed E-state index contributed by atoms with van der Waals surface area (Å²) >= 11 is 4.99. The van der Waals surface area contributed by atoms with E-state index < -0.39 is 0 Å². The Morgan fingerprint density at radius 2 is 1.69 bits per heavy atom. The molecular formula is C19H31ClN4O2. The number of nitrogen functional groups attached to an aromatic ring is 1. The van der Waals surface area contributed by atoms with E-state index >= 15 is 0 Å². The van der Waals surface area contributed by atoms with Crippen LogP contribution in [0.1, 0.15) is 24.3 Å². The number of benzene rings is 1. The number of hydrogen-bond donors (Lipinski definition) is 1. The number of halogens is 1. The van der Waals surface area contributed by atoms with Crippen molar-refractivity contribution in [1.82, 2.24) is 14.7 Å². The molecule has 6 nitrogen and oxygen atoms in total. The third kappa shape index (κ3) is 8.65. The molecule has 0 saturated carbocycles. The van der Waals surface area contributed by atoms with Crippen LogP contribution in [0.5, 0.6) is 0 Å². The van der Waals surface area contributed by atoms with Gasteiger partial charge in [0.2, 0.25) is 11.1 Å². The number of hydrogen-bond acceptors (Lipinski definition) is 5. The normalized spacial score (nSPS) is 17.0. The van der Waals surface area contributed by atoms with Crippen molar-refractivity contribution in [3.05, 3.63) is 29.8 Å². The molecule has 2 N–H and O–H groups in total. The van der Waals surface area contributed by atoms with Gasteiger partial charge in [-0.2, -0.15) is 0 Å². The van der Waals surface area contributed by atoms with E-state index in [0.29, 0.717) is 19.0 Å². The Bertz CT molecular complexity index is 575. The van der Waals surface area contributed by atoms with Gasteiger partial charge >= 0.3 is 0 Å². The highest BCUT2D eigenvalue weighted by Gasteiger charge is 2.24. The van der Waals surface area contributed by atoms with Gasteiger partial charge in [-0.3, -0.25) is 9.59 Å². The molecule has 1 fully saturated rings. The molecule has 1 aromatic rings. The van der Waals surface area contributed by atoms with E-state index in [1.54, 1.807) is 19.0 Å². The second-order valence-corrected chi connectivity index (χ2v) is 7.60. The molecule has 2 rings (SSSR count). The summed E-state index contributed by atoms with van der Waals surface area (Å²) in [7, 11) is 7.44. The maximum atomic E-state index is 12.1. The van der Waals surface area contributed by atoms with Gasteiger partial charge in [0.25, 0.3) is 0 Å². The Balaban J connectivity index is 0.000000412. The zero-order valence-electron chi connectivity index (χ0n) is 16.2. The first-order valence-electron chi connectivity index (χ1n) is 8.80. The van der Waals surface area contributed by atoms with Crippen LogP contribution >= 0.6 is 11.6 Å². The average molecular weight is 383 g/mol. The molecule has 1 heterocycles. The summed E-state index contributed by atoms with van der Waals surface area (Å²) in [6.45, 7) is 2.53. The predicted molar refractivity (Wildman–Crippen MR) is 107 cm³/mol. The molecule has 146 valence electrons. The van der Waals surface area contributed by atoms with Gasteiger partial charge in [0.05, 0.1) is 13.1 Å². The summed E-state index contributed by atoms with van der Waals surface area (Å²) in [5, 5.41) is -0.315. The van der Waals surface area contributed by atoms with Gasteiger partial charge in [0.15, 0.2) is 0 Å². The quantitative estimate of drug-likeness (QED) is 0.621. The number of carbonyl (C=O) groups is 2. The molecule has 26 heavy (non-hydrogen) atoms. The lowest BCUT2D eigenvalue weighted by Gasteiger charge is -2.33. The number of likely N-dealkylation sites (tertiary alicyclic amines) is 1. The first-order valence-corrected chi connectivity index (χ1v) is 9.17. The monoisotopic (exact) mass is 382 g/mol. The lowest BCUT2D eigenvalue weighted by molar-refractivity contribution is -0.133. The number of rotatable bonds is 5. The third-order valence-corrected chi connectivity index (χ3v) is 4.19. The Hall–Kier alpha value is -1.63. The van der Waals surface area contributed by atoms with Crippen LogP contribution in [0.3, 0.4) is 0 Å². The minimum Gasteiger partial charge on any atom is -0.399 e. The van der Waals surface area contributed by atoms with Crippen molar-refractivity contribution in [3.63, 3.8) is 0 Å². The number of likely N-dealkylation sites (N-methyl/N-ethyl adjacent to an activating group) is 2. The summed E-state index contributed by atoms with van der Waals surface area (Å²) in [5.41, 5.74) is 7.80. The van der Waals surface area contributed by atoms with Crippen molar-refractivity contribution in [2.45, 2.75) is 18.8 Å². The SMILES string of the molecule is CN(C)CC(=O)Cl.CN(C)CC(=O)N1CCCC(c2ccc(N)cc2)C1. The van der Waals surface area contributed by atoms with Crippen LogP contribution in [0.25, 0.3) is 0 Å². The smallest absolute Gasteiger partial charge is 0.236 e. The van der Waals surface area contributed by atoms with Gasteiger partial charge in [0.1, 0.15) is 0 Å². The molecule has 1 saturated heterocycles. The standard InChI is InChI=1S/C15H23N3O.C4H8ClNO/c1-17(2)11-15(19)18-9-3-4-13(10-18)12-5-7-14(16)8-6-12;1-6(2)3-4(5)7/h5-8,13H,3-4,9-11,16H2,1-2H3;3H2,1-2H3. The van der Waals surface area contributed by atoms with Crippen molar-refractivity contribution >= 4 is 28.4 Å². The van der Waals surface area contributed by atoms with Gasteiger partial charge in [0, 0.05) is 24.7 Å². The molecule has 1 atom stereocenters. The first-order chi connectivity index (χ1) is 12.2. The fourth-order valence-electron chi connectivity index (χ4n) is 2.86. The fourth-order valence-corrected chi connectivity index (χ4v) is 3.10. The van der Waals surface area contributed by atoms with Crippen molar-refractivity contribution in [2.75, 3.05) is 60.1 Å². The van der Waals surface area contributed by atoms with E-state index in [1.807, 2.05) is 36.0 Å². The summed E-state index contributed by atoms with van der Waals surface area (Å²) in [6.07, 6.45) is 2.23. The maximum Gasteiger partial charge on any atom is 0.236 e. The van der Waals surface area contributed by atoms with Crippen LogP contribution in [0.2, 0.25) is 0 Å². The second kappa shape index (κ2) is 11.2. The minimum absolute atomic E-state index is 0.227. The number of nitrogens with zero attached hydrogens (tertiary/aromatic N) is 3. The van der Waals surface area contributed by atoms with Crippen LogP contribution < -0.4 is 5.73 Å². The molecule has 1 aliphatic heterocycles. The Kier molecular flexibility index (Phi) is 9.62. The highest BCUT2D eigenvalue weighted by atomic mass is 35.5. The molecule has 7 heteroatoms. The molecule has 0 bridgehead atoms. The maximum absolute atomic E-state index is 12.1. The van der Waals surface area contributed by atoms with E-state index in [0.717, 1.165) is 31.6 Å². The van der Waals surface area contributed by atoms with Crippen molar-refractivity contribution in [3.8, 4) is 0 Å². The van der Waals surface area contributed by atoms with E-state index in [-0.39, 0.29) is 11.1 Å². The summed E-state index contributed by atoms with van der Waals surface area (Å²) in [5.74, 6) is 0.672. The minimum atomic E-state index is -0.315. The molecule has 1 aromatic carbocycles. The number of amides is 1. The van der Waals surface area contributed by atoms with E-state index in [1.165, 1.54) is 5.56 Å². The Labute approximate surface area is 161 Å². The highest BCUT2D eigenvalue weighted by molar-refractivity contribution is 6.64. The lowest BCUT2D eigenvalue weighted by Crippen LogP contribution is -2.43. The Morgan fingerprint density at radius 3 is 2.15 bits per heavy atom. The molecule has 0 aliphatic carbocycles. The topological polar surface area (TPSA) is 69.9 Å². The van der Waals surface area contributed by atoms with Crippen molar-refractivity contribution < 1.29 is 9.59 Å². The van der Waals surface area contributed by atoms with Gasteiger partial charge < -0.3 is 20.4 Å². The van der Waals surface area contributed by atoms with E-state index in [4.69, 9.17) is 17.3 Å². The van der Waals surface area contributed by atoms with Crippen molar-refractivity contribution in [2.24, 2.45) is 0 Å². The molecule has 0 spiro atoms. The Morgan fingerprint density at radius 1 is 1.12 bits per heavy atom. The second-order valence-electron chi connectivity index (χ2n) is 7.18. The summed E-state index contributed by atoms with van der Waals surface area (Å²) in [6, 6.07) is 8.05. The molecule has 0 radical (unpaired) electrons. The summed E-state index contributed by atoms with van der Waals surface area (Å²) in [4.78, 5) is 27.7. The number of piperidine rings is 1. The largest absolute Gasteiger partial charge is 0.399 e. The van der Waals surface area contributed by atoms with Gasteiger partial charge in [-0.1, -0.05) is 12.1 Å².